The fourth-order valence-electron chi connectivity index (χ4n) is 2.52. The number of hydrogen-bond donors (Lipinski definition) is 0. The summed E-state index contributed by atoms with van der Waals surface area (Å²) in [4.78, 5) is 25.7. The Bertz CT molecular complexity index is 897. The number of benzene rings is 2. The van der Waals surface area contributed by atoms with E-state index in [4.69, 9.17) is 14.2 Å². The third-order valence-electron chi connectivity index (χ3n) is 4.01. The molecule has 134 valence electrons. The third kappa shape index (κ3) is 3.26. The fraction of sp³-hybridized carbons (Fsp3) is 0.200. The van der Waals surface area contributed by atoms with Gasteiger partial charge in [-0.15, -0.1) is 0 Å². The molecule has 2 aromatic carbocycles. The average Bonchev–Trinajstić information content (AvgIpc) is 2.94. The number of rotatable bonds is 3. The van der Waals surface area contributed by atoms with Crippen molar-refractivity contribution in [3.8, 4) is 17.2 Å². The molecule has 1 amide bonds. The van der Waals surface area contributed by atoms with Gasteiger partial charge in [0.25, 0.3) is 0 Å². The molecule has 26 heavy (non-hydrogen) atoms. The van der Waals surface area contributed by atoms with Gasteiger partial charge in [-0.05, 0) is 42.8 Å². The average molecular weight is 353 g/mol. The number of hydrogen-bond acceptors (Lipinski definition) is 5. The standard InChI is InChI=1S/C20H19NO5/c1-12-16(26-20(23)21(2)3)10-9-15-18(22)17(25-19(12)15)11-13-5-7-14(24-4)8-6-13/h5-11H,1-4H3. The van der Waals surface area contributed by atoms with E-state index in [1.807, 2.05) is 24.3 Å². The van der Waals surface area contributed by atoms with Gasteiger partial charge in [0.05, 0.1) is 12.7 Å². The minimum Gasteiger partial charge on any atom is -0.497 e. The molecule has 0 bridgehead atoms. The number of methoxy groups -OCH3 is 1. The smallest absolute Gasteiger partial charge is 0.414 e. The predicted molar refractivity (Wildman–Crippen MR) is 96.8 cm³/mol. The van der Waals surface area contributed by atoms with Gasteiger partial charge in [0.1, 0.15) is 17.2 Å². The maximum Gasteiger partial charge on any atom is 0.414 e. The highest BCUT2D eigenvalue weighted by Gasteiger charge is 2.30. The second-order valence-electron chi connectivity index (χ2n) is 6.04. The van der Waals surface area contributed by atoms with Crippen LogP contribution in [0, 0.1) is 6.92 Å². The molecular formula is C20H19NO5. The summed E-state index contributed by atoms with van der Waals surface area (Å²) in [6, 6.07) is 10.5. The zero-order valence-electron chi connectivity index (χ0n) is 15.0. The first kappa shape index (κ1) is 17.5. The van der Waals surface area contributed by atoms with Crippen LogP contribution >= 0.6 is 0 Å². The number of carbonyl (C=O) groups is 2. The zero-order valence-corrected chi connectivity index (χ0v) is 15.0. The fourth-order valence-corrected chi connectivity index (χ4v) is 2.52. The Balaban J connectivity index is 1.89. The molecule has 0 unspecified atom stereocenters. The van der Waals surface area contributed by atoms with E-state index in [2.05, 4.69) is 0 Å². The summed E-state index contributed by atoms with van der Waals surface area (Å²) in [6.45, 7) is 1.75. The number of amides is 1. The van der Waals surface area contributed by atoms with E-state index in [-0.39, 0.29) is 11.5 Å². The molecule has 0 N–H and O–H groups in total. The SMILES string of the molecule is COc1ccc(C=C2Oc3c(ccc(OC(=O)N(C)C)c3C)C2=O)cc1. The minimum absolute atomic E-state index is 0.204. The van der Waals surface area contributed by atoms with Crippen molar-refractivity contribution in [1.29, 1.82) is 0 Å². The Morgan fingerprint density at radius 1 is 1.12 bits per heavy atom. The summed E-state index contributed by atoms with van der Waals surface area (Å²) >= 11 is 0. The lowest BCUT2D eigenvalue weighted by molar-refractivity contribution is 0.101. The highest BCUT2D eigenvalue weighted by Crippen LogP contribution is 2.39. The maximum absolute atomic E-state index is 12.6. The molecule has 0 saturated heterocycles. The summed E-state index contributed by atoms with van der Waals surface area (Å²) in [5.41, 5.74) is 1.87. The highest BCUT2D eigenvalue weighted by molar-refractivity contribution is 6.15. The molecule has 2 aromatic rings. The molecule has 1 aliphatic heterocycles. The molecule has 0 spiro atoms. The zero-order chi connectivity index (χ0) is 18.8. The van der Waals surface area contributed by atoms with E-state index in [0.717, 1.165) is 11.3 Å². The summed E-state index contributed by atoms with van der Waals surface area (Å²) < 4.78 is 16.2. The molecular weight excluding hydrogens is 334 g/mol. The topological polar surface area (TPSA) is 65.1 Å². The normalized spacial score (nSPS) is 14.0. The summed E-state index contributed by atoms with van der Waals surface area (Å²) in [6.07, 6.45) is 1.18. The highest BCUT2D eigenvalue weighted by atomic mass is 16.6. The van der Waals surface area contributed by atoms with Gasteiger partial charge in [-0.25, -0.2) is 4.79 Å². The van der Waals surface area contributed by atoms with Gasteiger partial charge in [-0.3, -0.25) is 4.79 Å². The first-order chi connectivity index (χ1) is 12.4. The second-order valence-corrected chi connectivity index (χ2v) is 6.04. The predicted octanol–water partition coefficient (Wildman–Crippen LogP) is 3.68. The molecule has 0 atom stereocenters. The quantitative estimate of drug-likeness (QED) is 0.788. The van der Waals surface area contributed by atoms with Crippen molar-refractivity contribution in [2.75, 3.05) is 21.2 Å². The van der Waals surface area contributed by atoms with Crippen LogP contribution in [0.3, 0.4) is 0 Å². The number of nitrogens with zero attached hydrogens (tertiary/aromatic N) is 1. The van der Waals surface area contributed by atoms with Crippen LogP contribution in [0.5, 0.6) is 17.2 Å². The Labute approximate surface area is 151 Å². The number of carbonyl (C=O) groups excluding carboxylic acids is 2. The molecule has 0 fully saturated rings. The van der Waals surface area contributed by atoms with Gasteiger partial charge >= 0.3 is 6.09 Å². The molecule has 0 aliphatic carbocycles. The summed E-state index contributed by atoms with van der Waals surface area (Å²) in [5, 5.41) is 0. The van der Waals surface area contributed by atoms with Crippen LogP contribution in [0.2, 0.25) is 0 Å². The van der Waals surface area contributed by atoms with Crippen LogP contribution in [0.4, 0.5) is 4.79 Å². The van der Waals surface area contributed by atoms with Crippen molar-refractivity contribution < 1.29 is 23.8 Å². The maximum atomic E-state index is 12.6. The van der Waals surface area contributed by atoms with E-state index in [0.29, 0.717) is 22.6 Å². The molecule has 0 saturated carbocycles. The van der Waals surface area contributed by atoms with Gasteiger partial charge in [-0.1, -0.05) is 12.1 Å². The van der Waals surface area contributed by atoms with Crippen LogP contribution in [0.15, 0.2) is 42.2 Å². The van der Waals surface area contributed by atoms with Gasteiger partial charge in [0.2, 0.25) is 5.78 Å². The monoisotopic (exact) mass is 353 g/mol. The number of Topliss-reactive ketones (excluding diaryl/α,β-unsaturated/α-hetero) is 1. The van der Waals surface area contributed by atoms with E-state index in [9.17, 15) is 9.59 Å². The summed E-state index contributed by atoms with van der Waals surface area (Å²) in [7, 11) is 4.79. The van der Waals surface area contributed by atoms with Crippen molar-refractivity contribution in [3.63, 3.8) is 0 Å². The lowest BCUT2D eigenvalue weighted by Crippen LogP contribution is -2.25. The van der Waals surface area contributed by atoms with Crippen LogP contribution in [-0.4, -0.2) is 38.0 Å². The Morgan fingerprint density at radius 2 is 1.81 bits per heavy atom. The van der Waals surface area contributed by atoms with Crippen molar-refractivity contribution in [2.24, 2.45) is 0 Å². The largest absolute Gasteiger partial charge is 0.497 e. The number of fused-ring (bicyclic) bond motifs is 1. The lowest BCUT2D eigenvalue weighted by atomic mass is 10.1. The Morgan fingerprint density at radius 3 is 2.42 bits per heavy atom. The first-order valence-electron chi connectivity index (χ1n) is 8.01. The van der Waals surface area contributed by atoms with Gasteiger partial charge in [0, 0.05) is 19.7 Å². The van der Waals surface area contributed by atoms with E-state index in [1.54, 1.807) is 46.3 Å². The third-order valence-corrected chi connectivity index (χ3v) is 4.01. The molecule has 6 heteroatoms. The minimum atomic E-state index is -0.494. The van der Waals surface area contributed by atoms with Crippen molar-refractivity contribution in [3.05, 3.63) is 58.8 Å². The van der Waals surface area contributed by atoms with E-state index >= 15 is 0 Å². The van der Waals surface area contributed by atoms with Crippen molar-refractivity contribution in [2.45, 2.75) is 6.92 Å². The van der Waals surface area contributed by atoms with E-state index in [1.165, 1.54) is 4.90 Å². The van der Waals surface area contributed by atoms with Crippen LogP contribution < -0.4 is 14.2 Å². The van der Waals surface area contributed by atoms with Crippen LogP contribution in [0.1, 0.15) is 21.5 Å². The number of ketones is 1. The molecule has 0 radical (unpaired) electrons. The van der Waals surface area contributed by atoms with Crippen molar-refractivity contribution in [1.82, 2.24) is 4.90 Å². The molecule has 0 aromatic heterocycles. The lowest BCUT2D eigenvalue weighted by Gasteiger charge is -2.13. The molecule has 6 nitrogen and oxygen atoms in total. The van der Waals surface area contributed by atoms with Gasteiger partial charge < -0.3 is 19.1 Å². The Hall–Kier alpha value is -3.28. The second kappa shape index (κ2) is 6.92. The van der Waals surface area contributed by atoms with E-state index < -0.39 is 6.09 Å². The molecule has 1 heterocycles. The van der Waals surface area contributed by atoms with Gasteiger partial charge in [-0.2, -0.15) is 0 Å². The van der Waals surface area contributed by atoms with Crippen LogP contribution in [-0.2, 0) is 0 Å². The van der Waals surface area contributed by atoms with Crippen LogP contribution in [0.25, 0.3) is 6.08 Å². The molecule has 1 aliphatic rings. The first-order valence-corrected chi connectivity index (χ1v) is 8.01. The summed E-state index contributed by atoms with van der Waals surface area (Å²) in [5.74, 6) is 1.53. The van der Waals surface area contributed by atoms with Gasteiger partial charge in [0.15, 0.2) is 5.76 Å². The molecule has 3 rings (SSSR count). The van der Waals surface area contributed by atoms with Crippen molar-refractivity contribution >= 4 is 18.0 Å². The Kier molecular flexibility index (Phi) is 4.67. The number of ether oxygens (including phenoxy) is 3. The number of allylic oxidation sites excluding steroid dienone is 1.